The number of nitrogens with zero attached hydrogens (tertiary/aromatic N) is 2. The number of aromatic amines is 1. The summed E-state index contributed by atoms with van der Waals surface area (Å²) in [5.41, 5.74) is 2.18. The van der Waals surface area contributed by atoms with Crippen molar-refractivity contribution in [2.24, 2.45) is 11.8 Å². The van der Waals surface area contributed by atoms with Crippen LogP contribution in [0.3, 0.4) is 0 Å². The summed E-state index contributed by atoms with van der Waals surface area (Å²) in [4.78, 5) is 31.5. The number of nitrogens with one attached hydrogen (secondary N) is 1. The van der Waals surface area contributed by atoms with Crippen molar-refractivity contribution in [2.45, 2.75) is 32.6 Å². The number of hydrogen-bond acceptors (Lipinski definition) is 2. The Labute approximate surface area is 154 Å². The van der Waals surface area contributed by atoms with Crippen molar-refractivity contribution in [1.29, 1.82) is 0 Å². The molecule has 26 heavy (non-hydrogen) atoms. The SMILES string of the molecule is CC(=O)N1CCC(C2CCN(C(=O)Cc3c[nH]c4ccccc34)C2)CC1. The van der Waals surface area contributed by atoms with Gasteiger partial charge < -0.3 is 14.8 Å². The van der Waals surface area contributed by atoms with Gasteiger partial charge >= 0.3 is 0 Å². The molecule has 0 spiro atoms. The number of hydrogen-bond donors (Lipinski definition) is 1. The molecular weight excluding hydrogens is 326 g/mol. The van der Waals surface area contributed by atoms with E-state index in [1.807, 2.05) is 34.2 Å². The number of H-pyrrole nitrogens is 1. The number of piperidine rings is 1. The minimum absolute atomic E-state index is 0.186. The lowest BCUT2D eigenvalue weighted by molar-refractivity contribution is -0.130. The van der Waals surface area contributed by atoms with Gasteiger partial charge in [0.1, 0.15) is 0 Å². The lowest BCUT2D eigenvalue weighted by Crippen LogP contribution is -2.39. The largest absolute Gasteiger partial charge is 0.361 e. The van der Waals surface area contributed by atoms with Crippen LogP contribution in [0.4, 0.5) is 0 Å². The summed E-state index contributed by atoms with van der Waals surface area (Å²) >= 11 is 0. The fourth-order valence-corrected chi connectivity index (χ4v) is 4.64. The number of rotatable bonds is 3. The number of likely N-dealkylation sites (tertiary alicyclic amines) is 2. The van der Waals surface area contributed by atoms with Gasteiger partial charge in [0.15, 0.2) is 0 Å². The van der Waals surface area contributed by atoms with Gasteiger partial charge in [-0.1, -0.05) is 18.2 Å². The zero-order chi connectivity index (χ0) is 18.1. The molecule has 0 saturated carbocycles. The number of aromatic nitrogens is 1. The Morgan fingerprint density at radius 1 is 1.04 bits per heavy atom. The third kappa shape index (κ3) is 3.35. The smallest absolute Gasteiger partial charge is 0.227 e. The molecule has 1 unspecified atom stereocenters. The minimum atomic E-state index is 0.186. The van der Waals surface area contributed by atoms with Gasteiger partial charge in [-0.05, 0) is 42.7 Å². The van der Waals surface area contributed by atoms with E-state index < -0.39 is 0 Å². The van der Waals surface area contributed by atoms with Gasteiger partial charge in [-0.25, -0.2) is 0 Å². The average Bonchev–Trinajstić information content (AvgIpc) is 3.30. The molecule has 3 heterocycles. The van der Waals surface area contributed by atoms with E-state index >= 15 is 0 Å². The Hall–Kier alpha value is -2.30. The monoisotopic (exact) mass is 353 g/mol. The minimum Gasteiger partial charge on any atom is -0.361 e. The fourth-order valence-electron chi connectivity index (χ4n) is 4.64. The van der Waals surface area contributed by atoms with Crippen LogP contribution in [-0.4, -0.2) is 52.8 Å². The third-order valence-corrected chi connectivity index (χ3v) is 6.25. The second-order valence-electron chi connectivity index (χ2n) is 7.77. The zero-order valence-electron chi connectivity index (χ0n) is 15.4. The second-order valence-corrected chi connectivity index (χ2v) is 7.77. The molecule has 5 nitrogen and oxygen atoms in total. The van der Waals surface area contributed by atoms with Crippen molar-refractivity contribution < 1.29 is 9.59 Å². The van der Waals surface area contributed by atoms with Crippen LogP contribution in [0.25, 0.3) is 10.9 Å². The van der Waals surface area contributed by atoms with E-state index in [1.54, 1.807) is 6.92 Å². The summed E-state index contributed by atoms with van der Waals surface area (Å²) in [6.07, 6.45) is 5.70. The van der Waals surface area contributed by atoms with Crippen LogP contribution < -0.4 is 0 Å². The van der Waals surface area contributed by atoms with E-state index in [0.29, 0.717) is 18.3 Å². The molecule has 2 fully saturated rings. The number of para-hydroxylation sites is 1. The lowest BCUT2D eigenvalue weighted by Gasteiger charge is -2.34. The highest BCUT2D eigenvalue weighted by atomic mass is 16.2. The topological polar surface area (TPSA) is 56.4 Å². The van der Waals surface area contributed by atoms with Crippen molar-refractivity contribution in [3.63, 3.8) is 0 Å². The van der Waals surface area contributed by atoms with Crippen LogP contribution >= 0.6 is 0 Å². The molecule has 1 aromatic heterocycles. The van der Waals surface area contributed by atoms with Crippen LogP contribution in [0.15, 0.2) is 30.5 Å². The maximum atomic E-state index is 12.8. The van der Waals surface area contributed by atoms with Crippen LogP contribution in [0.2, 0.25) is 0 Å². The van der Waals surface area contributed by atoms with Crippen molar-refractivity contribution in [2.75, 3.05) is 26.2 Å². The van der Waals surface area contributed by atoms with E-state index in [0.717, 1.165) is 61.9 Å². The first-order valence-electron chi connectivity index (χ1n) is 9.70. The van der Waals surface area contributed by atoms with E-state index in [4.69, 9.17) is 0 Å². The Bertz CT molecular complexity index is 804. The van der Waals surface area contributed by atoms with E-state index in [9.17, 15) is 9.59 Å². The Kier molecular flexibility index (Phi) is 4.70. The number of benzene rings is 1. The van der Waals surface area contributed by atoms with E-state index in [-0.39, 0.29) is 11.8 Å². The maximum Gasteiger partial charge on any atom is 0.227 e. The Morgan fingerprint density at radius 3 is 2.50 bits per heavy atom. The van der Waals surface area contributed by atoms with Crippen LogP contribution in [-0.2, 0) is 16.0 Å². The van der Waals surface area contributed by atoms with E-state index in [1.165, 1.54) is 0 Å². The first-order valence-corrected chi connectivity index (χ1v) is 9.70. The number of carbonyl (C=O) groups is 2. The molecule has 2 saturated heterocycles. The van der Waals surface area contributed by atoms with Crippen LogP contribution in [0.1, 0.15) is 31.7 Å². The molecule has 0 aliphatic carbocycles. The van der Waals surface area contributed by atoms with Crippen LogP contribution in [0.5, 0.6) is 0 Å². The van der Waals surface area contributed by atoms with Gasteiger partial charge in [-0.3, -0.25) is 9.59 Å². The summed E-state index contributed by atoms with van der Waals surface area (Å²) in [7, 11) is 0. The molecule has 4 rings (SSSR count). The second kappa shape index (κ2) is 7.14. The van der Waals surface area contributed by atoms with Gasteiger partial charge in [-0.15, -0.1) is 0 Å². The fraction of sp³-hybridized carbons (Fsp3) is 0.524. The standard InChI is InChI=1S/C21H27N3O2/c1-15(25)23-9-6-16(7-10-23)17-8-11-24(14-17)21(26)12-18-13-22-20-5-3-2-4-19(18)20/h2-5,13,16-17,22H,6-12,14H2,1H3. The number of fused-ring (bicyclic) bond motifs is 1. The molecule has 0 bridgehead atoms. The van der Waals surface area contributed by atoms with Crippen molar-refractivity contribution in [3.05, 3.63) is 36.0 Å². The molecule has 1 aromatic carbocycles. The summed E-state index contributed by atoms with van der Waals surface area (Å²) in [5.74, 6) is 1.66. The number of amides is 2. The van der Waals surface area contributed by atoms with Gasteiger partial charge in [-0.2, -0.15) is 0 Å². The Morgan fingerprint density at radius 2 is 1.73 bits per heavy atom. The van der Waals surface area contributed by atoms with Crippen molar-refractivity contribution in [3.8, 4) is 0 Å². The molecule has 138 valence electrons. The highest BCUT2D eigenvalue weighted by Crippen LogP contribution is 2.32. The summed E-state index contributed by atoms with van der Waals surface area (Å²) in [6.45, 7) is 5.16. The molecule has 1 N–H and O–H groups in total. The quantitative estimate of drug-likeness (QED) is 0.922. The first kappa shape index (κ1) is 17.1. The highest BCUT2D eigenvalue weighted by Gasteiger charge is 2.34. The predicted molar refractivity (Wildman–Crippen MR) is 102 cm³/mol. The molecule has 1 atom stereocenters. The normalized spacial score (nSPS) is 21.5. The Balaban J connectivity index is 1.34. The lowest BCUT2D eigenvalue weighted by atomic mass is 9.84. The summed E-state index contributed by atoms with van der Waals surface area (Å²) in [5, 5.41) is 1.15. The molecule has 0 radical (unpaired) electrons. The van der Waals surface area contributed by atoms with E-state index in [2.05, 4.69) is 11.1 Å². The van der Waals surface area contributed by atoms with Gasteiger partial charge in [0.2, 0.25) is 11.8 Å². The number of carbonyl (C=O) groups excluding carboxylic acids is 2. The van der Waals surface area contributed by atoms with Crippen molar-refractivity contribution in [1.82, 2.24) is 14.8 Å². The molecule has 2 aliphatic rings. The maximum absolute atomic E-state index is 12.8. The average molecular weight is 353 g/mol. The molecular formula is C21H27N3O2. The van der Waals surface area contributed by atoms with Gasteiger partial charge in [0, 0.05) is 50.2 Å². The van der Waals surface area contributed by atoms with Gasteiger partial charge in [0.05, 0.1) is 6.42 Å². The predicted octanol–water partition coefficient (Wildman–Crippen LogP) is 2.82. The van der Waals surface area contributed by atoms with Crippen molar-refractivity contribution >= 4 is 22.7 Å². The highest BCUT2D eigenvalue weighted by molar-refractivity contribution is 5.89. The molecule has 2 amide bonds. The third-order valence-electron chi connectivity index (χ3n) is 6.25. The molecule has 2 aromatic rings. The summed E-state index contributed by atoms with van der Waals surface area (Å²) < 4.78 is 0. The zero-order valence-corrected chi connectivity index (χ0v) is 15.4. The summed E-state index contributed by atoms with van der Waals surface area (Å²) in [6, 6.07) is 8.14. The first-order chi connectivity index (χ1) is 12.6. The molecule has 2 aliphatic heterocycles. The molecule has 5 heteroatoms. The van der Waals surface area contributed by atoms with Crippen LogP contribution in [0, 0.1) is 11.8 Å². The van der Waals surface area contributed by atoms with Gasteiger partial charge in [0.25, 0.3) is 0 Å².